The summed E-state index contributed by atoms with van der Waals surface area (Å²) in [6, 6.07) is 7.33. The second-order valence-corrected chi connectivity index (χ2v) is 6.74. The van der Waals surface area contributed by atoms with Crippen molar-refractivity contribution in [2.24, 2.45) is 0 Å². The number of imidazole rings is 1. The molecule has 1 fully saturated rings. The summed E-state index contributed by atoms with van der Waals surface area (Å²) in [6.07, 6.45) is 6.20. The Bertz CT molecular complexity index is 989. The summed E-state index contributed by atoms with van der Waals surface area (Å²) in [4.78, 5) is 16.8. The minimum atomic E-state index is -0.178. The van der Waals surface area contributed by atoms with E-state index in [4.69, 9.17) is 9.47 Å². The van der Waals surface area contributed by atoms with E-state index >= 15 is 0 Å². The maximum absolute atomic E-state index is 12.4. The zero-order valence-electron chi connectivity index (χ0n) is 14.6. The van der Waals surface area contributed by atoms with E-state index in [1.165, 1.54) is 12.8 Å². The molecule has 0 spiro atoms. The molecule has 1 aliphatic carbocycles. The van der Waals surface area contributed by atoms with Crippen molar-refractivity contribution in [3.8, 4) is 22.8 Å². The van der Waals surface area contributed by atoms with E-state index in [0.29, 0.717) is 36.1 Å². The van der Waals surface area contributed by atoms with Crippen LogP contribution in [0.3, 0.4) is 0 Å². The molecule has 27 heavy (non-hydrogen) atoms. The van der Waals surface area contributed by atoms with Crippen LogP contribution in [0, 0.1) is 0 Å². The van der Waals surface area contributed by atoms with E-state index in [9.17, 15) is 4.79 Å². The molecule has 0 radical (unpaired) electrons. The lowest BCUT2D eigenvalue weighted by molar-refractivity contribution is 0.0947. The van der Waals surface area contributed by atoms with Crippen molar-refractivity contribution in [1.29, 1.82) is 0 Å². The van der Waals surface area contributed by atoms with Crippen LogP contribution in [-0.4, -0.2) is 39.0 Å². The normalized spacial score (nSPS) is 15.1. The molecule has 5 rings (SSSR count). The van der Waals surface area contributed by atoms with Gasteiger partial charge in [-0.05, 0) is 37.1 Å². The smallest absolute Gasteiger partial charge is 0.269 e. The molecule has 0 atom stereocenters. The maximum atomic E-state index is 12.4. The molecular formula is C19H19N5O3. The average molecular weight is 365 g/mol. The summed E-state index contributed by atoms with van der Waals surface area (Å²) in [7, 11) is 0. The van der Waals surface area contributed by atoms with Gasteiger partial charge in [0.2, 0.25) is 6.79 Å². The molecule has 0 unspecified atom stereocenters. The Morgan fingerprint density at radius 2 is 2.15 bits per heavy atom. The van der Waals surface area contributed by atoms with E-state index < -0.39 is 0 Å². The van der Waals surface area contributed by atoms with Crippen molar-refractivity contribution in [2.75, 3.05) is 13.3 Å². The van der Waals surface area contributed by atoms with Crippen LogP contribution >= 0.6 is 0 Å². The molecule has 3 heterocycles. The highest BCUT2D eigenvalue weighted by Crippen LogP contribution is 2.39. The first-order valence-electron chi connectivity index (χ1n) is 9.02. The molecule has 8 heteroatoms. The summed E-state index contributed by atoms with van der Waals surface area (Å²) in [5, 5.41) is 9.97. The highest BCUT2D eigenvalue weighted by molar-refractivity contribution is 5.93. The molecule has 1 aliphatic heterocycles. The van der Waals surface area contributed by atoms with Gasteiger partial charge < -0.3 is 19.4 Å². The van der Waals surface area contributed by atoms with Gasteiger partial charge in [0.05, 0.1) is 5.69 Å². The fourth-order valence-corrected chi connectivity index (χ4v) is 3.24. The van der Waals surface area contributed by atoms with Crippen molar-refractivity contribution in [1.82, 2.24) is 25.1 Å². The van der Waals surface area contributed by atoms with Crippen LogP contribution in [0.5, 0.6) is 11.5 Å². The van der Waals surface area contributed by atoms with E-state index in [2.05, 4.69) is 25.1 Å². The number of fused-ring (bicyclic) bond motifs is 1. The zero-order chi connectivity index (χ0) is 18.2. The van der Waals surface area contributed by atoms with Gasteiger partial charge in [-0.1, -0.05) is 0 Å². The van der Waals surface area contributed by atoms with Crippen LogP contribution in [-0.2, 0) is 6.54 Å². The number of benzene rings is 1. The maximum Gasteiger partial charge on any atom is 0.269 e. The first-order chi connectivity index (χ1) is 13.3. The number of amides is 1. The van der Waals surface area contributed by atoms with Gasteiger partial charge in [-0.25, -0.2) is 4.98 Å². The highest BCUT2D eigenvalue weighted by Gasteiger charge is 2.27. The minimum absolute atomic E-state index is 0.178. The van der Waals surface area contributed by atoms with E-state index in [0.717, 1.165) is 17.1 Å². The molecule has 3 aromatic rings. The van der Waals surface area contributed by atoms with E-state index in [-0.39, 0.29) is 12.7 Å². The van der Waals surface area contributed by atoms with Gasteiger partial charge in [0.15, 0.2) is 11.5 Å². The summed E-state index contributed by atoms with van der Waals surface area (Å²) in [5.74, 6) is 2.94. The SMILES string of the molecule is O=C(NCCn1ccnc1C1CC1)c1cc(-c2ccc3c(c2)OCO3)n[nH]1. The number of carbonyl (C=O) groups excluding carboxylic acids is 1. The summed E-state index contributed by atoms with van der Waals surface area (Å²) in [6.45, 7) is 1.47. The Morgan fingerprint density at radius 1 is 1.26 bits per heavy atom. The van der Waals surface area contributed by atoms with Crippen LogP contribution in [0.2, 0.25) is 0 Å². The number of hydrogen-bond acceptors (Lipinski definition) is 5. The van der Waals surface area contributed by atoms with Crippen molar-refractivity contribution < 1.29 is 14.3 Å². The van der Waals surface area contributed by atoms with Crippen LogP contribution in [0.4, 0.5) is 0 Å². The number of aromatic amines is 1. The lowest BCUT2D eigenvalue weighted by Crippen LogP contribution is -2.27. The van der Waals surface area contributed by atoms with Crippen molar-refractivity contribution in [3.63, 3.8) is 0 Å². The Morgan fingerprint density at radius 3 is 3.04 bits per heavy atom. The molecule has 1 amide bonds. The second-order valence-electron chi connectivity index (χ2n) is 6.74. The summed E-state index contributed by atoms with van der Waals surface area (Å²) < 4.78 is 12.8. The van der Waals surface area contributed by atoms with E-state index in [1.807, 2.05) is 30.6 Å². The molecule has 0 bridgehead atoms. The van der Waals surface area contributed by atoms with Crippen molar-refractivity contribution in [3.05, 3.63) is 48.2 Å². The first kappa shape index (κ1) is 15.9. The van der Waals surface area contributed by atoms with Gasteiger partial charge in [-0.2, -0.15) is 5.10 Å². The first-order valence-corrected chi connectivity index (χ1v) is 9.02. The zero-order valence-corrected chi connectivity index (χ0v) is 14.6. The van der Waals surface area contributed by atoms with Crippen molar-refractivity contribution >= 4 is 5.91 Å². The average Bonchev–Trinajstić information content (AvgIpc) is 3.11. The topological polar surface area (TPSA) is 94.1 Å². The third-order valence-electron chi connectivity index (χ3n) is 4.82. The van der Waals surface area contributed by atoms with Crippen molar-refractivity contribution in [2.45, 2.75) is 25.3 Å². The van der Waals surface area contributed by atoms with Gasteiger partial charge in [-0.15, -0.1) is 0 Å². The van der Waals surface area contributed by atoms with E-state index in [1.54, 1.807) is 6.07 Å². The third-order valence-corrected chi connectivity index (χ3v) is 4.82. The predicted octanol–water partition coefficient (Wildman–Crippen LogP) is 2.31. The minimum Gasteiger partial charge on any atom is -0.454 e. The van der Waals surface area contributed by atoms with Gasteiger partial charge in [0.25, 0.3) is 5.91 Å². The fourth-order valence-electron chi connectivity index (χ4n) is 3.24. The number of rotatable bonds is 6. The Hall–Kier alpha value is -3.29. The summed E-state index contributed by atoms with van der Waals surface area (Å²) >= 11 is 0. The molecule has 1 aromatic carbocycles. The number of hydrogen-bond donors (Lipinski definition) is 2. The number of aromatic nitrogens is 4. The summed E-state index contributed by atoms with van der Waals surface area (Å²) in [5.41, 5.74) is 1.97. The van der Waals surface area contributed by atoms with Gasteiger partial charge in [-0.3, -0.25) is 9.89 Å². The molecule has 8 nitrogen and oxygen atoms in total. The standard InChI is InChI=1S/C19H19N5O3/c25-19(21-6-8-24-7-5-20-18(24)12-1-2-12)15-10-14(22-23-15)13-3-4-16-17(9-13)27-11-26-16/h3-5,7,9-10,12H,1-2,6,8,11H2,(H,21,25)(H,22,23). The number of carbonyl (C=O) groups is 1. The molecule has 2 aromatic heterocycles. The Kier molecular flexibility index (Phi) is 3.81. The van der Waals surface area contributed by atoms with Crippen LogP contribution < -0.4 is 14.8 Å². The monoisotopic (exact) mass is 365 g/mol. The largest absolute Gasteiger partial charge is 0.454 e. The lowest BCUT2D eigenvalue weighted by Gasteiger charge is -2.07. The predicted molar refractivity (Wildman–Crippen MR) is 96.7 cm³/mol. The number of ether oxygens (including phenoxy) is 2. The lowest BCUT2D eigenvalue weighted by atomic mass is 10.1. The van der Waals surface area contributed by atoms with Gasteiger partial charge in [0.1, 0.15) is 11.5 Å². The fraction of sp³-hybridized carbons (Fsp3) is 0.316. The van der Waals surface area contributed by atoms with Gasteiger partial charge in [0, 0.05) is 37.0 Å². The number of nitrogens with zero attached hydrogens (tertiary/aromatic N) is 3. The van der Waals surface area contributed by atoms with Crippen LogP contribution in [0.15, 0.2) is 36.7 Å². The highest BCUT2D eigenvalue weighted by atomic mass is 16.7. The van der Waals surface area contributed by atoms with Gasteiger partial charge >= 0.3 is 0 Å². The number of H-pyrrole nitrogens is 1. The molecule has 1 saturated carbocycles. The Balaban J connectivity index is 1.21. The quantitative estimate of drug-likeness (QED) is 0.699. The number of nitrogens with one attached hydrogen (secondary N) is 2. The molecule has 2 aliphatic rings. The molecule has 2 N–H and O–H groups in total. The Labute approximate surface area is 155 Å². The molecular weight excluding hydrogens is 346 g/mol. The second kappa shape index (κ2) is 6.46. The third kappa shape index (κ3) is 3.14. The van der Waals surface area contributed by atoms with Crippen LogP contribution in [0.1, 0.15) is 35.1 Å². The molecule has 0 saturated heterocycles. The van der Waals surface area contributed by atoms with Crippen LogP contribution in [0.25, 0.3) is 11.3 Å². The molecule has 138 valence electrons.